The normalized spacial score (nSPS) is 13.2. The first-order valence-corrected chi connectivity index (χ1v) is 9.50. The maximum Gasteiger partial charge on any atom is 0.251 e. The van der Waals surface area contributed by atoms with Crippen molar-refractivity contribution in [1.82, 2.24) is 10.6 Å². The van der Waals surface area contributed by atoms with E-state index in [9.17, 15) is 9.59 Å². The number of nitrogens with one attached hydrogen (secondary N) is 2. The molecular formula is C21H25BrN2O2. The third kappa shape index (κ3) is 5.43. The Morgan fingerprint density at radius 1 is 0.962 bits per heavy atom. The molecule has 5 heteroatoms. The summed E-state index contributed by atoms with van der Waals surface area (Å²) in [6, 6.07) is 14.4. The molecule has 2 aromatic carbocycles. The molecule has 0 aliphatic rings. The number of amides is 2. The third-order valence-electron chi connectivity index (χ3n) is 4.24. The second-order valence-electron chi connectivity index (χ2n) is 6.85. The zero-order valence-corrected chi connectivity index (χ0v) is 17.1. The molecule has 138 valence electrons. The van der Waals surface area contributed by atoms with Crippen LogP contribution in [0.4, 0.5) is 0 Å². The lowest BCUT2D eigenvalue weighted by atomic mass is 10.0. The summed E-state index contributed by atoms with van der Waals surface area (Å²) in [7, 11) is 0. The summed E-state index contributed by atoms with van der Waals surface area (Å²) >= 11 is 3.41. The van der Waals surface area contributed by atoms with Crippen LogP contribution in [0.5, 0.6) is 0 Å². The van der Waals surface area contributed by atoms with Gasteiger partial charge in [-0.15, -0.1) is 0 Å². The van der Waals surface area contributed by atoms with Crippen LogP contribution in [0, 0.1) is 12.8 Å². The Morgan fingerprint density at radius 2 is 1.62 bits per heavy atom. The number of hydrogen-bond acceptors (Lipinski definition) is 2. The van der Waals surface area contributed by atoms with Gasteiger partial charge in [-0.2, -0.15) is 0 Å². The summed E-state index contributed by atoms with van der Waals surface area (Å²) in [5.74, 6) is -0.448. The Hall–Kier alpha value is -2.14. The van der Waals surface area contributed by atoms with E-state index < -0.39 is 6.04 Å². The predicted molar refractivity (Wildman–Crippen MR) is 108 cm³/mol. The quantitative estimate of drug-likeness (QED) is 0.733. The van der Waals surface area contributed by atoms with Crippen molar-refractivity contribution >= 4 is 27.7 Å². The second-order valence-corrected chi connectivity index (χ2v) is 7.76. The molecule has 0 saturated carbocycles. The molecule has 2 amide bonds. The van der Waals surface area contributed by atoms with Crippen molar-refractivity contribution in [2.75, 3.05) is 0 Å². The van der Waals surface area contributed by atoms with Crippen molar-refractivity contribution < 1.29 is 9.59 Å². The standard InChI is InChI=1S/C21H25BrN2O2/c1-13(2)19(24-20(25)17-7-5-6-14(3)12-17)21(26)23-15(4)16-8-10-18(22)11-9-16/h5-13,15,19H,1-4H3,(H,23,26)(H,24,25)/t15?,19-/m0/s1. The molecule has 26 heavy (non-hydrogen) atoms. The first-order valence-electron chi connectivity index (χ1n) is 8.71. The molecule has 0 aliphatic carbocycles. The first kappa shape index (κ1) is 20.2. The highest BCUT2D eigenvalue weighted by atomic mass is 79.9. The van der Waals surface area contributed by atoms with Crippen LogP contribution in [0.2, 0.25) is 0 Å². The summed E-state index contributed by atoms with van der Waals surface area (Å²) in [5.41, 5.74) is 2.57. The fraction of sp³-hybridized carbons (Fsp3) is 0.333. The van der Waals surface area contributed by atoms with Gasteiger partial charge in [-0.05, 0) is 49.6 Å². The number of benzene rings is 2. The van der Waals surface area contributed by atoms with Crippen LogP contribution in [-0.4, -0.2) is 17.9 Å². The van der Waals surface area contributed by atoms with E-state index in [1.165, 1.54) is 0 Å². The molecule has 0 heterocycles. The summed E-state index contributed by atoms with van der Waals surface area (Å²) < 4.78 is 0.991. The SMILES string of the molecule is Cc1cccc(C(=O)N[C@H](C(=O)NC(C)c2ccc(Br)cc2)C(C)C)c1. The highest BCUT2D eigenvalue weighted by molar-refractivity contribution is 9.10. The van der Waals surface area contributed by atoms with Gasteiger partial charge in [0.25, 0.3) is 5.91 Å². The van der Waals surface area contributed by atoms with Gasteiger partial charge in [-0.25, -0.2) is 0 Å². The first-order chi connectivity index (χ1) is 12.3. The lowest BCUT2D eigenvalue weighted by Crippen LogP contribution is -2.50. The summed E-state index contributed by atoms with van der Waals surface area (Å²) in [6.45, 7) is 7.71. The van der Waals surface area contributed by atoms with Gasteiger partial charge >= 0.3 is 0 Å². The molecule has 2 aromatic rings. The van der Waals surface area contributed by atoms with Gasteiger partial charge in [0.05, 0.1) is 6.04 Å². The van der Waals surface area contributed by atoms with Crippen molar-refractivity contribution in [3.8, 4) is 0 Å². The van der Waals surface area contributed by atoms with Crippen molar-refractivity contribution in [3.05, 3.63) is 69.7 Å². The van der Waals surface area contributed by atoms with E-state index in [2.05, 4.69) is 26.6 Å². The fourth-order valence-electron chi connectivity index (χ4n) is 2.68. The highest BCUT2D eigenvalue weighted by Gasteiger charge is 2.26. The van der Waals surface area contributed by atoms with Crippen LogP contribution in [-0.2, 0) is 4.79 Å². The van der Waals surface area contributed by atoms with Crippen molar-refractivity contribution in [3.63, 3.8) is 0 Å². The monoisotopic (exact) mass is 416 g/mol. The van der Waals surface area contributed by atoms with Gasteiger partial charge < -0.3 is 10.6 Å². The molecule has 0 aliphatic heterocycles. The molecule has 0 spiro atoms. The Morgan fingerprint density at radius 3 is 2.19 bits per heavy atom. The third-order valence-corrected chi connectivity index (χ3v) is 4.77. The molecule has 2 rings (SSSR count). The van der Waals surface area contributed by atoms with E-state index >= 15 is 0 Å². The van der Waals surface area contributed by atoms with Gasteiger partial charge in [-0.1, -0.05) is 59.6 Å². The molecule has 0 bridgehead atoms. The molecule has 2 atom stereocenters. The number of rotatable bonds is 6. The highest BCUT2D eigenvalue weighted by Crippen LogP contribution is 2.17. The Bertz CT molecular complexity index is 772. The Labute approximate surface area is 163 Å². The Balaban J connectivity index is 2.07. The molecule has 0 saturated heterocycles. The lowest BCUT2D eigenvalue weighted by molar-refractivity contribution is -0.124. The van der Waals surface area contributed by atoms with Crippen LogP contribution >= 0.6 is 15.9 Å². The van der Waals surface area contributed by atoms with E-state index in [0.717, 1.165) is 15.6 Å². The van der Waals surface area contributed by atoms with Gasteiger partial charge in [0.2, 0.25) is 5.91 Å². The summed E-state index contributed by atoms with van der Waals surface area (Å²) in [4.78, 5) is 25.2. The average molecular weight is 417 g/mol. The average Bonchev–Trinajstić information content (AvgIpc) is 2.59. The van der Waals surface area contributed by atoms with Gasteiger partial charge in [0.1, 0.15) is 6.04 Å². The molecule has 4 nitrogen and oxygen atoms in total. The summed E-state index contributed by atoms with van der Waals surface area (Å²) in [5, 5.41) is 5.86. The van der Waals surface area contributed by atoms with Crippen LogP contribution < -0.4 is 10.6 Å². The molecule has 0 aromatic heterocycles. The van der Waals surface area contributed by atoms with Gasteiger partial charge in [0, 0.05) is 10.0 Å². The largest absolute Gasteiger partial charge is 0.348 e. The minimum atomic E-state index is -0.596. The van der Waals surface area contributed by atoms with Crippen LogP contribution in [0.3, 0.4) is 0 Å². The van der Waals surface area contributed by atoms with Crippen LogP contribution in [0.25, 0.3) is 0 Å². The zero-order chi connectivity index (χ0) is 19.3. The molecule has 0 radical (unpaired) electrons. The predicted octanol–water partition coefficient (Wildman–Crippen LogP) is 4.39. The van der Waals surface area contributed by atoms with E-state index in [-0.39, 0.29) is 23.8 Å². The second kappa shape index (κ2) is 8.99. The van der Waals surface area contributed by atoms with Gasteiger partial charge in [0.15, 0.2) is 0 Å². The van der Waals surface area contributed by atoms with Crippen LogP contribution in [0.1, 0.15) is 48.3 Å². The molecule has 1 unspecified atom stereocenters. The van der Waals surface area contributed by atoms with Crippen molar-refractivity contribution in [1.29, 1.82) is 0 Å². The summed E-state index contributed by atoms with van der Waals surface area (Å²) in [6.07, 6.45) is 0. The number of carbonyl (C=O) groups is 2. The van der Waals surface area contributed by atoms with E-state index in [1.54, 1.807) is 6.07 Å². The molecular weight excluding hydrogens is 392 g/mol. The zero-order valence-electron chi connectivity index (χ0n) is 15.5. The lowest BCUT2D eigenvalue weighted by Gasteiger charge is -2.24. The number of halogens is 1. The molecule has 0 fully saturated rings. The Kier molecular flexibility index (Phi) is 6.98. The number of hydrogen-bond donors (Lipinski definition) is 2. The van der Waals surface area contributed by atoms with E-state index in [1.807, 2.05) is 70.2 Å². The minimum Gasteiger partial charge on any atom is -0.348 e. The minimum absolute atomic E-state index is 0.0270. The van der Waals surface area contributed by atoms with Gasteiger partial charge in [-0.3, -0.25) is 9.59 Å². The van der Waals surface area contributed by atoms with Crippen LogP contribution in [0.15, 0.2) is 53.0 Å². The van der Waals surface area contributed by atoms with E-state index in [0.29, 0.717) is 5.56 Å². The fourth-order valence-corrected chi connectivity index (χ4v) is 2.95. The maximum atomic E-state index is 12.7. The molecule has 2 N–H and O–H groups in total. The van der Waals surface area contributed by atoms with Crippen molar-refractivity contribution in [2.45, 2.75) is 39.8 Å². The maximum absolute atomic E-state index is 12.7. The topological polar surface area (TPSA) is 58.2 Å². The number of aryl methyl sites for hydroxylation is 1. The van der Waals surface area contributed by atoms with E-state index in [4.69, 9.17) is 0 Å². The smallest absolute Gasteiger partial charge is 0.251 e. The van der Waals surface area contributed by atoms with Crippen molar-refractivity contribution in [2.24, 2.45) is 5.92 Å². The number of carbonyl (C=O) groups excluding carboxylic acids is 2.